The Morgan fingerprint density at radius 2 is 2.12 bits per heavy atom. The molecule has 2 atom stereocenters. The van der Waals surface area contributed by atoms with Gasteiger partial charge in [-0.1, -0.05) is 24.4 Å². The van der Waals surface area contributed by atoms with Gasteiger partial charge in [0.05, 0.1) is 0 Å². The lowest BCUT2D eigenvalue weighted by Gasteiger charge is -2.31. The summed E-state index contributed by atoms with van der Waals surface area (Å²) in [6, 6.07) is -0.0735. The first-order chi connectivity index (χ1) is 8.13. The van der Waals surface area contributed by atoms with Gasteiger partial charge in [-0.15, -0.1) is 0 Å². The number of rotatable bonds is 2. The number of aliphatic hydroxyl groups excluding tert-OH is 1. The maximum absolute atomic E-state index is 11.7. The highest BCUT2D eigenvalue weighted by Crippen LogP contribution is 2.32. The second-order valence-corrected chi connectivity index (χ2v) is 4.85. The second kappa shape index (κ2) is 5.06. The van der Waals surface area contributed by atoms with E-state index in [1.54, 1.807) is 0 Å². The number of hydrogen-bond acceptors (Lipinski definition) is 3. The molecule has 0 aliphatic heterocycles. The van der Waals surface area contributed by atoms with Crippen molar-refractivity contribution in [1.82, 2.24) is 9.55 Å². The summed E-state index contributed by atoms with van der Waals surface area (Å²) in [6.45, 7) is 0.0495. The molecule has 0 saturated heterocycles. The fourth-order valence-electron chi connectivity index (χ4n) is 2.47. The number of hydrogen-bond donors (Lipinski definition) is 2. The SMILES string of the molecule is O=c1[nH]c(=O)n([C@H]2CCCC[C@H]2CO)cc1Cl. The molecular weight excluding hydrogens is 244 g/mol. The Bertz CT molecular complexity index is 508. The highest BCUT2D eigenvalue weighted by atomic mass is 35.5. The van der Waals surface area contributed by atoms with E-state index < -0.39 is 11.2 Å². The lowest BCUT2D eigenvalue weighted by Crippen LogP contribution is -2.37. The summed E-state index contributed by atoms with van der Waals surface area (Å²) in [7, 11) is 0. The molecule has 1 aliphatic rings. The molecule has 0 aromatic carbocycles. The van der Waals surface area contributed by atoms with Crippen LogP contribution in [0.4, 0.5) is 0 Å². The number of nitrogens with one attached hydrogen (secondary N) is 1. The van der Waals surface area contributed by atoms with Crippen molar-refractivity contribution in [3.05, 3.63) is 32.1 Å². The fraction of sp³-hybridized carbons (Fsp3) is 0.636. The van der Waals surface area contributed by atoms with Gasteiger partial charge in [0.1, 0.15) is 5.02 Å². The van der Waals surface area contributed by atoms with Crippen LogP contribution >= 0.6 is 11.6 Å². The van der Waals surface area contributed by atoms with Crippen LogP contribution in [0.5, 0.6) is 0 Å². The van der Waals surface area contributed by atoms with Crippen molar-refractivity contribution in [3.63, 3.8) is 0 Å². The standard InChI is InChI=1S/C11H15ClN2O3/c12-8-5-14(11(17)13-10(8)16)9-4-2-1-3-7(9)6-15/h5,7,9,15H,1-4,6H2,(H,13,16,17)/t7-,9-/m0/s1. The number of aliphatic hydroxyl groups is 1. The molecule has 1 aromatic heterocycles. The van der Waals surface area contributed by atoms with Crippen molar-refractivity contribution < 1.29 is 5.11 Å². The molecule has 5 nitrogen and oxygen atoms in total. The minimum absolute atomic E-state index is 0.00635. The molecule has 0 amide bonds. The molecule has 1 aliphatic carbocycles. The number of halogens is 1. The monoisotopic (exact) mass is 258 g/mol. The van der Waals surface area contributed by atoms with Crippen LogP contribution in [0.2, 0.25) is 5.02 Å². The van der Waals surface area contributed by atoms with Crippen molar-refractivity contribution in [2.45, 2.75) is 31.7 Å². The predicted octanol–water partition coefficient (Wildman–Crippen LogP) is 0.914. The van der Waals surface area contributed by atoms with Crippen molar-refractivity contribution in [1.29, 1.82) is 0 Å². The molecule has 0 bridgehead atoms. The third kappa shape index (κ3) is 2.45. The molecule has 1 saturated carbocycles. The highest BCUT2D eigenvalue weighted by Gasteiger charge is 2.27. The molecule has 2 N–H and O–H groups in total. The Balaban J connectivity index is 2.41. The summed E-state index contributed by atoms with van der Waals surface area (Å²) in [5.41, 5.74) is -1.02. The van der Waals surface area contributed by atoms with Crippen LogP contribution in [0.15, 0.2) is 15.8 Å². The van der Waals surface area contributed by atoms with Crippen LogP contribution in [-0.2, 0) is 0 Å². The van der Waals surface area contributed by atoms with Crippen molar-refractivity contribution in [2.24, 2.45) is 5.92 Å². The first kappa shape index (κ1) is 12.4. The van der Waals surface area contributed by atoms with Gasteiger partial charge >= 0.3 is 5.69 Å². The van der Waals surface area contributed by atoms with E-state index in [0.717, 1.165) is 25.7 Å². The zero-order valence-corrected chi connectivity index (χ0v) is 10.1. The average Bonchev–Trinajstić information content (AvgIpc) is 2.34. The zero-order valence-electron chi connectivity index (χ0n) is 9.36. The Labute approximate surface area is 103 Å². The third-order valence-electron chi connectivity index (χ3n) is 3.39. The Morgan fingerprint density at radius 3 is 2.82 bits per heavy atom. The van der Waals surface area contributed by atoms with E-state index >= 15 is 0 Å². The zero-order chi connectivity index (χ0) is 12.4. The lowest BCUT2D eigenvalue weighted by atomic mass is 9.85. The van der Waals surface area contributed by atoms with Crippen molar-refractivity contribution in [3.8, 4) is 0 Å². The fourth-order valence-corrected chi connectivity index (χ4v) is 2.63. The molecular formula is C11H15ClN2O3. The van der Waals surface area contributed by atoms with E-state index in [9.17, 15) is 14.7 Å². The molecule has 2 rings (SSSR count). The van der Waals surface area contributed by atoms with E-state index in [2.05, 4.69) is 4.98 Å². The molecule has 0 unspecified atom stereocenters. The van der Waals surface area contributed by atoms with Gasteiger partial charge in [-0.05, 0) is 12.8 Å². The number of H-pyrrole nitrogens is 1. The minimum atomic E-state index is -0.565. The minimum Gasteiger partial charge on any atom is -0.396 e. The molecule has 1 fully saturated rings. The molecule has 1 heterocycles. The predicted molar refractivity (Wildman–Crippen MR) is 64.4 cm³/mol. The van der Waals surface area contributed by atoms with E-state index in [1.807, 2.05) is 0 Å². The summed E-state index contributed by atoms with van der Waals surface area (Å²) in [5, 5.41) is 9.32. The second-order valence-electron chi connectivity index (χ2n) is 4.44. The van der Waals surface area contributed by atoms with Gasteiger partial charge in [0, 0.05) is 24.8 Å². The van der Waals surface area contributed by atoms with Gasteiger partial charge in [-0.2, -0.15) is 0 Å². The summed E-state index contributed by atoms with van der Waals surface area (Å²) >= 11 is 5.73. The van der Waals surface area contributed by atoms with E-state index in [-0.39, 0.29) is 23.6 Å². The van der Waals surface area contributed by atoms with Crippen LogP contribution in [0, 0.1) is 5.92 Å². The normalized spacial score (nSPS) is 24.8. The maximum atomic E-state index is 11.7. The van der Waals surface area contributed by atoms with Crippen molar-refractivity contribution in [2.75, 3.05) is 6.61 Å². The van der Waals surface area contributed by atoms with Crippen LogP contribution < -0.4 is 11.2 Å². The van der Waals surface area contributed by atoms with E-state index in [1.165, 1.54) is 10.8 Å². The smallest absolute Gasteiger partial charge is 0.328 e. The third-order valence-corrected chi connectivity index (χ3v) is 3.65. The molecule has 1 aromatic rings. The molecule has 0 radical (unpaired) electrons. The maximum Gasteiger partial charge on any atom is 0.328 e. The molecule has 0 spiro atoms. The van der Waals surface area contributed by atoms with Gasteiger partial charge in [0.25, 0.3) is 5.56 Å². The van der Waals surface area contributed by atoms with Crippen LogP contribution in [0.1, 0.15) is 31.7 Å². The lowest BCUT2D eigenvalue weighted by molar-refractivity contribution is 0.135. The van der Waals surface area contributed by atoms with Gasteiger partial charge in [0.15, 0.2) is 0 Å². The average molecular weight is 259 g/mol. The van der Waals surface area contributed by atoms with Crippen LogP contribution in [0.25, 0.3) is 0 Å². The van der Waals surface area contributed by atoms with E-state index in [0.29, 0.717) is 0 Å². The topological polar surface area (TPSA) is 75.1 Å². The van der Waals surface area contributed by atoms with Crippen molar-refractivity contribution >= 4 is 11.6 Å². The first-order valence-electron chi connectivity index (χ1n) is 5.75. The summed E-state index contributed by atoms with van der Waals surface area (Å²) < 4.78 is 1.45. The highest BCUT2D eigenvalue weighted by molar-refractivity contribution is 6.30. The number of aromatic nitrogens is 2. The van der Waals surface area contributed by atoms with Gasteiger partial charge < -0.3 is 5.11 Å². The molecule has 6 heteroatoms. The van der Waals surface area contributed by atoms with Gasteiger partial charge in [-0.25, -0.2) is 4.79 Å². The molecule has 17 heavy (non-hydrogen) atoms. The van der Waals surface area contributed by atoms with Gasteiger partial charge in [-0.3, -0.25) is 14.3 Å². The number of nitrogens with zero attached hydrogens (tertiary/aromatic N) is 1. The van der Waals surface area contributed by atoms with Crippen LogP contribution in [-0.4, -0.2) is 21.3 Å². The van der Waals surface area contributed by atoms with Crippen LogP contribution in [0.3, 0.4) is 0 Å². The van der Waals surface area contributed by atoms with E-state index in [4.69, 9.17) is 11.6 Å². The Kier molecular flexibility index (Phi) is 3.69. The quantitative estimate of drug-likeness (QED) is 0.828. The Morgan fingerprint density at radius 1 is 1.41 bits per heavy atom. The summed E-state index contributed by atoms with van der Waals surface area (Å²) in [6.07, 6.45) is 5.18. The summed E-state index contributed by atoms with van der Waals surface area (Å²) in [5.74, 6) is 0.0587. The largest absolute Gasteiger partial charge is 0.396 e. The summed E-state index contributed by atoms with van der Waals surface area (Å²) in [4.78, 5) is 25.1. The number of aromatic amines is 1. The van der Waals surface area contributed by atoms with Gasteiger partial charge in [0.2, 0.25) is 0 Å². The first-order valence-corrected chi connectivity index (χ1v) is 6.13. The Hall–Kier alpha value is -1.07. The molecule has 94 valence electrons.